The molecule has 1 N–H and O–H groups in total. The first-order chi connectivity index (χ1) is 12.8. The Morgan fingerprint density at radius 3 is 2.63 bits per heavy atom. The number of carbonyl (C=O) groups is 1. The van der Waals surface area contributed by atoms with Crippen LogP contribution in [0, 0.1) is 11.7 Å². The first-order valence-electron chi connectivity index (χ1n) is 9.34. The number of piperazine rings is 1. The fraction of sp³-hybridized carbons (Fsp3) is 0.611. The molecule has 9 heteroatoms. The molecule has 2 fully saturated rings. The first-order valence-corrected chi connectivity index (χ1v) is 11.2. The average molecular weight is 419 g/mol. The highest BCUT2D eigenvalue weighted by Crippen LogP contribution is 2.22. The molecule has 27 heavy (non-hydrogen) atoms. The van der Waals surface area contributed by atoms with Gasteiger partial charge in [-0.1, -0.05) is 18.5 Å². The van der Waals surface area contributed by atoms with Gasteiger partial charge in [0.2, 0.25) is 10.0 Å². The van der Waals surface area contributed by atoms with E-state index in [1.54, 1.807) is 0 Å². The molecular weight excluding hydrogens is 393 g/mol. The van der Waals surface area contributed by atoms with E-state index in [0.29, 0.717) is 38.6 Å². The number of halogens is 2. The van der Waals surface area contributed by atoms with Crippen molar-refractivity contribution in [3.8, 4) is 0 Å². The van der Waals surface area contributed by atoms with Crippen molar-refractivity contribution in [2.24, 2.45) is 5.92 Å². The number of hydrogen-bond donors (Lipinski definition) is 1. The summed E-state index contributed by atoms with van der Waals surface area (Å²) in [5, 5.41) is -0.207. The van der Waals surface area contributed by atoms with Crippen molar-refractivity contribution in [2.75, 3.05) is 45.8 Å². The van der Waals surface area contributed by atoms with Crippen LogP contribution in [0.3, 0.4) is 0 Å². The molecule has 1 amide bonds. The molecule has 1 aromatic carbocycles. The highest BCUT2D eigenvalue weighted by atomic mass is 35.5. The molecule has 0 unspecified atom stereocenters. The molecule has 0 aliphatic carbocycles. The molecule has 0 radical (unpaired) electrons. The van der Waals surface area contributed by atoms with Gasteiger partial charge in [0.05, 0.1) is 36.1 Å². The molecule has 1 atom stereocenters. The number of benzene rings is 1. The van der Waals surface area contributed by atoms with Gasteiger partial charge in [-0.2, -0.15) is 4.31 Å². The second-order valence-electron chi connectivity index (χ2n) is 7.49. The number of likely N-dealkylation sites (tertiary alicyclic amines) is 1. The zero-order valence-electron chi connectivity index (χ0n) is 15.5. The Kier molecular flexibility index (Phi) is 6.40. The van der Waals surface area contributed by atoms with Gasteiger partial charge in [-0.3, -0.25) is 4.79 Å². The van der Waals surface area contributed by atoms with Crippen molar-refractivity contribution < 1.29 is 22.5 Å². The van der Waals surface area contributed by atoms with E-state index >= 15 is 0 Å². The van der Waals surface area contributed by atoms with Crippen LogP contribution < -0.4 is 4.90 Å². The van der Waals surface area contributed by atoms with Crippen LogP contribution in [-0.2, 0) is 14.8 Å². The summed E-state index contributed by atoms with van der Waals surface area (Å²) in [4.78, 5) is 15.5. The van der Waals surface area contributed by atoms with Crippen LogP contribution in [0.2, 0.25) is 5.02 Å². The largest absolute Gasteiger partial charge is 0.338 e. The molecule has 1 aromatic rings. The summed E-state index contributed by atoms with van der Waals surface area (Å²) in [5.41, 5.74) is 0. The van der Waals surface area contributed by atoms with Gasteiger partial charge in [-0.05, 0) is 37.0 Å². The van der Waals surface area contributed by atoms with E-state index in [4.69, 9.17) is 11.6 Å². The van der Waals surface area contributed by atoms with Crippen LogP contribution >= 0.6 is 11.6 Å². The average Bonchev–Trinajstić information content (AvgIpc) is 2.64. The van der Waals surface area contributed by atoms with E-state index in [1.807, 2.05) is 4.90 Å². The molecule has 0 spiro atoms. The lowest BCUT2D eigenvalue weighted by Gasteiger charge is -2.34. The second-order valence-corrected chi connectivity index (χ2v) is 9.84. The third-order valence-corrected chi connectivity index (χ3v) is 7.55. The molecule has 2 aliphatic rings. The normalized spacial score (nSPS) is 22.8. The Morgan fingerprint density at radius 2 is 2.00 bits per heavy atom. The van der Waals surface area contributed by atoms with Gasteiger partial charge in [-0.25, -0.2) is 12.8 Å². The summed E-state index contributed by atoms with van der Waals surface area (Å²) in [6.07, 6.45) is 2.22. The van der Waals surface area contributed by atoms with Crippen LogP contribution in [0.15, 0.2) is 23.1 Å². The summed E-state index contributed by atoms with van der Waals surface area (Å²) < 4.78 is 40.1. The molecule has 150 valence electrons. The number of amides is 1. The Labute approximate surface area is 164 Å². The van der Waals surface area contributed by atoms with Crippen LogP contribution in [0.4, 0.5) is 4.39 Å². The lowest BCUT2D eigenvalue weighted by atomic mass is 10.0. The van der Waals surface area contributed by atoms with E-state index in [2.05, 4.69) is 6.92 Å². The van der Waals surface area contributed by atoms with Crippen LogP contribution in [0.5, 0.6) is 0 Å². The van der Waals surface area contributed by atoms with Gasteiger partial charge in [0.25, 0.3) is 5.91 Å². The van der Waals surface area contributed by atoms with Gasteiger partial charge < -0.3 is 9.80 Å². The number of piperidine rings is 1. The van der Waals surface area contributed by atoms with Crippen molar-refractivity contribution in [2.45, 2.75) is 24.7 Å². The third kappa shape index (κ3) is 4.80. The predicted molar refractivity (Wildman–Crippen MR) is 101 cm³/mol. The Hall–Kier alpha value is -1.22. The number of sulfonamides is 1. The van der Waals surface area contributed by atoms with Crippen LogP contribution in [-0.4, -0.2) is 69.3 Å². The number of rotatable bonds is 4. The topological polar surface area (TPSA) is 62.1 Å². The van der Waals surface area contributed by atoms with E-state index in [9.17, 15) is 17.6 Å². The summed E-state index contributed by atoms with van der Waals surface area (Å²) in [5.74, 6) is 0.0517. The molecule has 6 nitrogen and oxygen atoms in total. The zero-order valence-corrected chi connectivity index (χ0v) is 17.0. The number of quaternary nitrogens is 1. The predicted octanol–water partition coefficient (Wildman–Crippen LogP) is 0.627. The van der Waals surface area contributed by atoms with Crippen molar-refractivity contribution in [3.05, 3.63) is 29.0 Å². The van der Waals surface area contributed by atoms with Crippen LogP contribution in [0.1, 0.15) is 19.8 Å². The SMILES string of the molecule is C[C@@H]1CCCN(C(=O)C[NH+]2CCN(S(=O)(=O)c3ccc(F)c(Cl)c3)CC2)C1. The summed E-state index contributed by atoms with van der Waals surface area (Å²) in [6, 6.07) is 3.44. The molecule has 2 saturated heterocycles. The smallest absolute Gasteiger partial charge is 0.277 e. The highest BCUT2D eigenvalue weighted by Gasteiger charge is 2.32. The Balaban J connectivity index is 1.56. The number of nitrogens with zero attached hydrogens (tertiary/aromatic N) is 2. The van der Waals surface area contributed by atoms with E-state index < -0.39 is 15.8 Å². The van der Waals surface area contributed by atoms with Crippen molar-refractivity contribution >= 4 is 27.5 Å². The highest BCUT2D eigenvalue weighted by molar-refractivity contribution is 7.89. The molecule has 2 aliphatic heterocycles. The van der Waals surface area contributed by atoms with Crippen molar-refractivity contribution in [1.82, 2.24) is 9.21 Å². The van der Waals surface area contributed by atoms with Gasteiger partial charge in [-0.15, -0.1) is 0 Å². The lowest BCUT2D eigenvalue weighted by molar-refractivity contribution is -0.896. The summed E-state index contributed by atoms with van der Waals surface area (Å²) >= 11 is 5.72. The molecule has 0 aromatic heterocycles. The number of hydrogen-bond acceptors (Lipinski definition) is 3. The van der Waals surface area contributed by atoms with Gasteiger partial charge in [0, 0.05) is 13.1 Å². The van der Waals surface area contributed by atoms with Crippen molar-refractivity contribution in [1.29, 1.82) is 0 Å². The molecule has 3 rings (SSSR count). The Morgan fingerprint density at radius 1 is 1.30 bits per heavy atom. The fourth-order valence-electron chi connectivity index (χ4n) is 3.75. The Bertz CT molecular complexity index is 797. The lowest BCUT2D eigenvalue weighted by Crippen LogP contribution is -3.15. The van der Waals surface area contributed by atoms with Gasteiger partial charge in [0.15, 0.2) is 6.54 Å². The quantitative estimate of drug-likeness (QED) is 0.780. The summed E-state index contributed by atoms with van der Waals surface area (Å²) in [6.45, 7) is 6.01. The molecule has 0 saturated carbocycles. The molecule has 0 bridgehead atoms. The number of carbonyl (C=O) groups excluding carboxylic acids is 1. The van der Waals surface area contributed by atoms with E-state index in [-0.39, 0.29) is 15.8 Å². The molecule has 2 heterocycles. The maximum Gasteiger partial charge on any atom is 0.277 e. The van der Waals surface area contributed by atoms with Gasteiger partial charge >= 0.3 is 0 Å². The van der Waals surface area contributed by atoms with Crippen molar-refractivity contribution in [3.63, 3.8) is 0 Å². The zero-order chi connectivity index (χ0) is 19.6. The minimum atomic E-state index is -3.71. The number of nitrogens with one attached hydrogen (secondary N) is 1. The minimum Gasteiger partial charge on any atom is -0.338 e. The maximum atomic E-state index is 13.3. The van der Waals surface area contributed by atoms with E-state index in [1.165, 1.54) is 16.8 Å². The third-order valence-electron chi connectivity index (χ3n) is 5.37. The van der Waals surface area contributed by atoms with Gasteiger partial charge in [0.1, 0.15) is 5.82 Å². The summed E-state index contributed by atoms with van der Waals surface area (Å²) in [7, 11) is -3.71. The maximum absolute atomic E-state index is 13.3. The fourth-order valence-corrected chi connectivity index (χ4v) is 5.46. The van der Waals surface area contributed by atoms with E-state index in [0.717, 1.165) is 36.5 Å². The van der Waals surface area contributed by atoms with Crippen LogP contribution in [0.25, 0.3) is 0 Å². The second kappa shape index (κ2) is 8.43. The minimum absolute atomic E-state index is 0.00395. The standard InChI is InChI=1S/C18H25ClFN3O3S/c1-14-3-2-6-22(12-14)18(24)13-21-7-9-23(10-8-21)27(25,26)15-4-5-17(20)16(19)11-15/h4-5,11,14H,2-3,6-10,12-13H2,1H3/p+1/t14-/m1/s1. The first kappa shape index (κ1) is 20.5. The monoisotopic (exact) mass is 418 g/mol. The molecular formula is C18H26ClFN3O3S+.